The number of carbonyl (C=O) groups is 8. The van der Waals surface area contributed by atoms with Gasteiger partial charge in [0.1, 0.15) is 23.8 Å². The summed E-state index contributed by atoms with van der Waals surface area (Å²) >= 11 is 0. The Morgan fingerprint density at radius 1 is 0.833 bits per heavy atom. The molecule has 232 valence electrons. The number of nitrogens with two attached hydrogens (primary N) is 1. The molecule has 7 N–H and O–H groups in total. The lowest BCUT2D eigenvalue weighted by atomic mass is 10.0. The van der Waals surface area contributed by atoms with Gasteiger partial charge in [0.25, 0.3) is 11.8 Å². The van der Waals surface area contributed by atoms with Gasteiger partial charge in [-0.15, -0.1) is 0 Å². The summed E-state index contributed by atoms with van der Waals surface area (Å²) in [4.78, 5) is 97.4. The van der Waals surface area contributed by atoms with Gasteiger partial charge in [-0.3, -0.25) is 33.7 Å². The summed E-state index contributed by atoms with van der Waals surface area (Å²) < 4.78 is 0. The van der Waals surface area contributed by atoms with Crippen LogP contribution in [0.1, 0.15) is 59.3 Å². The Kier molecular flexibility index (Phi) is 15.6. The van der Waals surface area contributed by atoms with Crippen LogP contribution >= 0.6 is 0 Å². The maximum Gasteiger partial charge on any atom is 0.312 e. The van der Waals surface area contributed by atoms with Crippen molar-refractivity contribution in [1.82, 2.24) is 31.5 Å². The van der Waals surface area contributed by atoms with E-state index in [0.29, 0.717) is 19.3 Å². The van der Waals surface area contributed by atoms with Gasteiger partial charge in [-0.05, 0) is 38.5 Å². The zero-order chi connectivity index (χ0) is 31.8. The predicted molar refractivity (Wildman–Crippen MR) is 154 cm³/mol. The van der Waals surface area contributed by atoms with Crippen LogP contribution in [0.15, 0.2) is 12.2 Å². The standard InChI is InChI=1S/C26H42BN7O8/c1-15(2)22(33-19(36)9-5-4-6-13-34-20(37)10-11-21(34)38)25(41)32-17(8-7-12-29-26(28)42)24(40)31-16(3)23(39)30-14-18(27)35/h10-11,15-17,22H,4-9,12-14,27H2,1-3H3,(H,30,39)(H,31,40)(H,32,41)(H,33,36)(H3,28,29,42)/t16-,17+,22+/m1/s1. The third-order valence-corrected chi connectivity index (χ3v) is 6.32. The van der Waals surface area contributed by atoms with E-state index < -0.39 is 41.9 Å². The zero-order valence-electron chi connectivity index (χ0n) is 24.6. The molecule has 8 amide bonds. The second-order valence-corrected chi connectivity index (χ2v) is 10.4. The largest absolute Gasteiger partial charge is 0.352 e. The van der Waals surface area contributed by atoms with Crippen molar-refractivity contribution in [1.29, 1.82) is 0 Å². The second kappa shape index (κ2) is 18.2. The minimum absolute atomic E-state index is 0.0932. The molecule has 0 fully saturated rings. The summed E-state index contributed by atoms with van der Waals surface area (Å²) in [5, 5.41) is 12.6. The van der Waals surface area contributed by atoms with Crippen LogP contribution in [0.2, 0.25) is 0 Å². The highest BCUT2D eigenvalue weighted by Crippen LogP contribution is 2.09. The highest BCUT2D eigenvalue weighted by atomic mass is 16.2. The summed E-state index contributed by atoms with van der Waals surface area (Å²) in [6.45, 7) is 5.11. The first-order valence-corrected chi connectivity index (χ1v) is 14.0. The van der Waals surface area contributed by atoms with Crippen molar-refractivity contribution in [2.75, 3.05) is 19.6 Å². The number of urea groups is 1. The van der Waals surface area contributed by atoms with E-state index in [4.69, 9.17) is 5.73 Å². The molecule has 0 bridgehead atoms. The Morgan fingerprint density at radius 3 is 2.05 bits per heavy atom. The quantitative estimate of drug-likeness (QED) is 0.0526. The van der Waals surface area contributed by atoms with Crippen LogP contribution in [0, 0.1) is 5.92 Å². The smallest absolute Gasteiger partial charge is 0.312 e. The van der Waals surface area contributed by atoms with Gasteiger partial charge in [-0.1, -0.05) is 20.3 Å². The van der Waals surface area contributed by atoms with Crippen molar-refractivity contribution < 1.29 is 38.4 Å². The van der Waals surface area contributed by atoms with E-state index in [1.54, 1.807) is 13.8 Å². The Labute approximate surface area is 245 Å². The Morgan fingerprint density at radius 2 is 1.48 bits per heavy atom. The lowest BCUT2D eigenvalue weighted by Gasteiger charge is -2.26. The van der Waals surface area contributed by atoms with Crippen molar-refractivity contribution in [3.05, 3.63) is 12.2 Å². The number of imide groups is 1. The summed E-state index contributed by atoms with van der Waals surface area (Å²) in [7, 11) is 1.30. The third-order valence-electron chi connectivity index (χ3n) is 6.32. The van der Waals surface area contributed by atoms with Crippen molar-refractivity contribution in [3.8, 4) is 0 Å². The normalized spacial score (nSPS) is 14.6. The average Bonchev–Trinajstić information content (AvgIpc) is 3.23. The molecule has 1 rings (SSSR count). The Bertz CT molecular complexity index is 1050. The van der Waals surface area contributed by atoms with Crippen molar-refractivity contribution in [3.63, 3.8) is 0 Å². The number of unbranched alkanes of at least 4 members (excludes halogenated alkanes) is 2. The van der Waals surface area contributed by atoms with Crippen LogP contribution < -0.4 is 32.3 Å². The van der Waals surface area contributed by atoms with Gasteiger partial charge in [-0.2, -0.15) is 0 Å². The molecule has 0 aromatic rings. The van der Waals surface area contributed by atoms with Gasteiger partial charge < -0.3 is 37.1 Å². The molecular weight excluding hydrogens is 549 g/mol. The van der Waals surface area contributed by atoms with Gasteiger partial charge in [0.05, 0.1) is 6.54 Å². The highest BCUT2D eigenvalue weighted by Gasteiger charge is 2.30. The first kappa shape index (κ1) is 35.8. The van der Waals surface area contributed by atoms with E-state index >= 15 is 0 Å². The number of primary amides is 1. The van der Waals surface area contributed by atoms with E-state index in [2.05, 4.69) is 26.6 Å². The fraction of sp³-hybridized carbons (Fsp3) is 0.615. The van der Waals surface area contributed by atoms with Crippen molar-refractivity contribution in [2.45, 2.75) is 77.4 Å². The van der Waals surface area contributed by atoms with Crippen LogP contribution in [0.5, 0.6) is 0 Å². The fourth-order valence-corrected chi connectivity index (χ4v) is 3.96. The van der Waals surface area contributed by atoms with Crippen LogP contribution in [0.4, 0.5) is 4.79 Å². The van der Waals surface area contributed by atoms with Gasteiger partial charge in [0, 0.05) is 31.7 Å². The molecule has 15 nitrogen and oxygen atoms in total. The Balaban J connectivity index is 2.71. The minimum atomic E-state index is -1.10. The van der Waals surface area contributed by atoms with E-state index in [0.717, 1.165) is 4.90 Å². The topological polar surface area (TPSA) is 226 Å². The molecule has 0 radical (unpaired) electrons. The molecule has 0 saturated heterocycles. The number of hydrogen-bond donors (Lipinski definition) is 6. The first-order chi connectivity index (χ1) is 19.7. The number of carbonyl (C=O) groups excluding carboxylic acids is 8. The van der Waals surface area contributed by atoms with E-state index in [9.17, 15) is 38.4 Å². The fourth-order valence-electron chi connectivity index (χ4n) is 3.96. The molecule has 42 heavy (non-hydrogen) atoms. The molecule has 3 atom stereocenters. The maximum absolute atomic E-state index is 13.2. The summed E-state index contributed by atoms with van der Waals surface area (Å²) in [5.41, 5.74) is 4.81. The number of amides is 8. The third kappa shape index (κ3) is 13.4. The van der Waals surface area contributed by atoms with Crippen LogP contribution in [-0.2, 0) is 33.6 Å². The average molecular weight is 591 g/mol. The number of nitrogens with one attached hydrogen (secondary N) is 5. The van der Waals surface area contributed by atoms with E-state index in [1.165, 1.54) is 26.9 Å². The molecule has 0 spiro atoms. The molecule has 1 aliphatic rings. The molecule has 0 unspecified atom stereocenters. The second-order valence-electron chi connectivity index (χ2n) is 10.4. The van der Waals surface area contributed by atoms with Crippen LogP contribution in [0.3, 0.4) is 0 Å². The molecule has 1 heterocycles. The maximum atomic E-state index is 13.2. The van der Waals surface area contributed by atoms with Gasteiger partial charge in [-0.25, -0.2) is 4.79 Å². The number of nitrogens with zero attached hydrogens (tertiary/aromatic N) is 1. The SMILES string of the molecule is BC(=O)CNC(=O)[C@@H](C)NC(=O)[C@H](CCCNC(N)=O)NC(=O)[C@@H](NC(=O)CCCCCN1C(=O)C=CC1=O)C(C)C. The summed E-state index contributed by atoms with van der Waals surface area (Å²) in [6, 6.07) is -3.80. The van der Waals surface area contributed by atoms with Gasteiger partial charge >= 0.3 is 6.03 Å². The van der Waals surface area contributed by atoms with Crippen molar-refractivity contribution >= 4 is 55.0 Å². The highest BCUT2D eigenvalue weighted by molar-refractivity contribution is 6.58. The van der Waals surface area contributed by atoms with Gasteiger partial charge in [0.2, 0.25) is 23.6 Å². The molecule has 0 aliphatic carbocycles. The lowest BCUT2D eigenvalue weighted by Crippen LogP contribution is -2.57. The monoisotopic (exact) mass is 591 g/mol. The minimum Gasteiger partial charge on any atom is -0.352 e. The molecule has 0 aromatic carbocycles. The van der Waals surface area contributed by atoms with Crippen molar-refractivity contribution in [2.24, 2.45) is 11.7 Å². The Hall–Kier alpha value is -4.24. The number of rotatable bonds is 19. The van der Waals surface area contributed by atoms with E-state index in [-0.39, 0.29) is 68.2 Å². The summed E-state index contributed by atoms with van der Waals surface area (Å²) in [5.74, 6) is -3.26. The number of hydrogen-bond acceptors (Lipinski definition) is 8. The molecule has 0 aromatic heterocycles. The lowest BCUT2D eigenvalue weighted by molar-refractivity contribution is -0.137. The van der Waals surface area contributed by atoms with E-state index in [1.807, 2.05) is 0 Å². The molecule has 1 aliphatic heterocycles. The molecule has 16 heteroatoms. The zero-order valence-corrected chi connectivity index (χ0v) is 24.6. The van der Waals surface area contributed by atoms with Gasteiger partial charge in [0.15, 0.2) is 7.85 Å². The van der Waals surface area contributed by atoms with Crippen LogP contribution in [0.25, 0.3) is 0 Å². The molecular formula is C26H42BN7O8. The summed E-state index contributed by atoms with van der Waals surface area (Å²) in [6.07, 6.45) is 4.51. The van der Waals surface area contributed by atoms with Crippen LogP contribution in [-0.4, -0.2) is 97.7 Å². The molecule has 0 saturated carbocycles. The first-order valence-electron chi connectivity index (χ1n) is 14.0. The predicted octanol–water partition coefficient (Wildman–Crippen LogP) is -2.67.